The van der Waals surface area contributed by atoms with Crippen LogP contribution in [0, 0.1) is 70.5 Å². The molecule has 0 saturated carbocycles. The molecule has 0 heterocycles. The summed E-state index contributed by atoms with van der Waals surface area (Å²) >= 11 is 0. The second-order valence-corrected chi connectivity index (χ2v) is 5.58. The van der Waals surface area contributed by atoms with Gasteiger partial charge in [-0.3, -0.25) is 0 Å². The maximum absolute atomic E-state index is 5.92. The van der Waals surface area contributed by atoms with Crippen molar-refractivity contribution in [3.63, 3.8) is 0 Å². The van der Waals surface area contributed by atoms with Crippen LogP contribution in [-0.2, 0) is 0 Å². The Morgan fingerprint density at radius 3 is 2.00 bits per heavy atom. The Hall–Kier alpha value is -2.20. The third-order valence-corrected chi connectivity index (χ3v) is 3.69. The smallest absolute Gasteiger partial charge is 0.119 e. The van der Waals surface area contributed by atoms with Crippen LogP contribution in [0.1, 0.15) is 73.1 Å². The van der Waals surface area contributed by atoms with Crippen LogP contribution < -0.4 is 0 Å². The Morgan fingerprint density at radius 2 is 1.48 bits per heavy atom. The van der Waals surface area contributed by atoms with E-state index in [-0.39, 0.29) is 0 Å². The van der Waals surface area contributed by atoms with E-state index < -0.39 is 10.8 Å². The molecular formula is C23H28. The monoisotopic (exact) mass is 304 g/mol. The van der Waals surface area contributed by atoms with Crippen molar-refractivity contribution in [1.82, 2.24) is 0 Å². The standard InChI is InChI=1S/C23H28/c1-7-12-16-18-22(6,11-5)23(19-14-9-3,20-15-10-4)21-17-13-8-2/h5H,7-9,13,18,20H2,1-4,6H3. The fraction of sp³-hybridized carbons (Fsp3) is 0.565. The van der Waals surface area contributed by atoms with E-state index in [1.807, 2.05) is 27.7 Å². The highest BCUT2D eigenvalue weighted by atomic mass is 14.4. The molecule has 0 rings (SSSR count). The number of terminal acetylenes is 1. The fourth-order valence-corrected chi connectivity index (χ4v) is 2.08. The van der Waals surface area contributed by atoms with E-state index in [0.717, 1.165) is 25.7 Å². The van der Waals surface area contributed by atoms with Gasteiger partial charge in [0.25, 0.3) is 0 Å². The molecule has 0 aromatic heterocycles. The van der Waals surface area contributed by atoms with Crippen molar-refractivity contribution >= 4 is 0 Å². The molecule has 0 amide bonds. The SMILES string of the molecule is C#CC(C)(CC#CCC)C(C#CCC)(C#CCCC)CC#CC. The van der Waals surface area contributed by atoms with Crippen LogP contribution in [0.25, 0.3) is 0 Å². The number of hydrogen-bond donors (Lipinski definition) is 0. The summed E-state index contributed by atoms with van der Waals surface area (Å²) < 4.78 is 0. The Bertz CT molecular complexity index is 642. The molecule has 120 valence electrons. The molecule has 0 aliphatic heterocycles. The molecule has 0 heteroatoms. The lowest BCUT2D eigenvalue weighted by Gasteiger charge is -2.36. The normalized spacial score (nSPS) is 13.7. The van der Waals surface area contributed by atoms with E-state index in [0.29, 0.717) is 12.8 Å². The third-order valence-electron chi connectivity index (χ3n) is 3.69. The molecule has 0 nitrogen and oxygen atoms in total. The van der Waals surface area contributed by atoms with E-state index in [4.69, 9.17) is 6.42 Å². The Labute approximate surface area is 144 Å². The molecule has 0 spiro atoms. The predicted octanol–water partition coefficient (Wildman–Crippen LogP) is 5.05. The van der Waals surface area contributed by atoms with E-state index in [1.54, 1.807) is 0 Å². The number of rotatable bonds is 4. The largest absolute Gasteiger partial charge is 0.120 e. The summed E-state index contributed by atoms with van der Waals surface area (Å²) in [5.41, 5.74) is -1.17. The Kier molecular flexibility index (Phi) is 10.3. The predicted molar refractivity (Wildman–Crippen MR) is 101 cm³/mol. The summed E-state index contributed by atoms with van der Waals surface area (Å²) in [5.74, 6) is 28.6. The highest BCUT2D eigenvalue weighted by Gasteiger charge is 2.44. The molecule has 0 aromatic carbocycles. The van der Waals surface area contributed by atoms with Gasteiger partial charge in [0.15, 0.2) is 0 Å². The van der Waals surface area contributed by atoms with Gasteiger partial charge in [-0.05, 0) is 20.3 Å². The molecular weight excluding hydrogens is 276 g/mol. The van der Waals surface area contributed by atoms with Crippen LogP contribution in [0.5, 0.6) is 0 Å². The first-order valence-corrected chi connectivity index (χ1v) is 8.38. The highest BCUT2D eigenvalue weighted by Crippen LogP contribution is 2.43. The lowest BCUT2D eigenvalue weighted by Crippen LogP contribution is -2.37. The van der Waals surface area contributed by atoms with Crippen molar-refractivity contribution < 1.29 is 0 Å². The van der Waals surface area contributed by atoms with E-state index in [1.165, 1.54) is 0 Å². The van der Waals surface area contributed by atoms with Crippen molar-refractivity contribution in [2.45, 2.75) is 73.1 Å². The molecule has 0 saturated heterocycles. The highest BCUT2D eigenvalue weighted by molar-refractivity contribution is 5.39. The van der Waals surface area contributed by atoms with Crippen LogP contribution in [0.15, 0.2) is 0 Å². The maximum atomic E-state index is 5.92. The minimum atomic E-state index is -0.627. The average Bonchev–Trinajstić information content (AvgIpc) is 2.57. The number of unbranched alkanes of at least 4 members (excludes halogenated alkanes) is 1. The van der Waals surface area contributed by atoms with Gasteiger partial charge < -0.3 is 0 Å². The summed E-state index contributed by atoms with van der Waals surface area (Å²) in [6, 6.07) is 0. The summed E-state index contributed by atoms with van der Waals surface area (Å²) in [7, 11) is 0. The van der Waals surface area contributed by atoms with E-state index >= 15 is 0 Å². The van der Waals surface area contributed by atoms with Gasteiger partial charge in [0.1, 0.15) is 5.41 Å². The Morgan fingerprint density at radius 1 is 0.826 bits per heavy atom. The zero-order chi connectivity index (χ0) is 17.6. The minimum Gasteiger partial charge on any atom is -0.119 e. The van der Waals surface area contributed by atoms with E-state index in [2.05, 4.69) is 60.2 Å². The first-order chi connectivity index (χ1) is 11.1. The van der Waals surface area contributed by atoms with Crippen LogP contribution in [0.2, 0.25) is 0 Å². The van der Waals surface area contributed by atoms with Gasteiger partial charge >= 0.3 is 0 Å². The lowest BCUT2D eigenvalue weighted by atomic mass is 9.62. The first-order valence-electron chi connectivity index (χ1n) is 8.38. The van der Waals surface area contributed by atoms with Gasteiger partial charge in [-0.2, -0.15) is 0 Å². The molecule has 0 aromatic rings. The van der Waals surface area contributed by atoms with Gasteiger partial charge in [-0.15, -0.1) is 41.9 Å². The van der Waals surface area contributed by atoms with Crippen molar-refractivity contribution in [3.05, 3.63) is 0 Å². The summed E-state index contributed by atoms with van der Waals surface area (Å²) in [6.07, 6.45) is 10.5. The maximum Gasteiger partial charge on any atom is 0.120 e. The summed E-state index contributed by atoms with van der Waals surface area (Å²) in [4.78, 5) is 0. The first kappa shape index (κ1) is 20.8. The topological polar surface area (TPSA) is 0 Å². The molecule has 0 N–H and O–H groups in total. The summed E-state index contributed by atoms with van der Waals surface area (Å²) in [6.45, 7) is 10.1. The van der Waals surface area contributed by atoms with Crippen molar-refractivity contribution in [2.24, 2.45) is 10.8 Å². The van der Waals surface area contributed by atoms with Crippen LogP contribution >= 0.6 is 0 Å². The zero-order valence-corrected chi connectivity index (χ0v) is 15.3. The van der Waals surface area contributed by atoms with Crippen molar-refractivity contribution in [3.8, 4) is 59.7 Å². The molecule has 0 radical (unpaired) electrons. The van der Waals surface area contributed by atoms with Gasteiger partial charge in [-0.1, -0.05) is 38.5 Å². The molecule has 2 unspecified atom stereocenters. The van der Waals surface area contributed by atoms with Gasteiger partial charge in [0, 0.05) is 32.1 Å². The Balaban J connectivity index is 6.15. The molecule has 2 atom stereocenters. The van der Waals surface area contributed by atoms with Crippen LogP contribution in [-0.4, -0.2) is 0 Å². The summed E-state index contributed by atoms with van der Waals surface area (Å²) in [5, 5.41) is 0. The third kappa shape index (κ3) is 6.20. The second kappa shape index (κ2) is 11.4. The van der Waals surface area contributed by atoms with Crippen LogP contribution in [0.4, 0.5) is 0 Å². The second-order valence-electron chi connectivity index (χ2n) is 5.58. The molecule has 0 aliphatic carbocycles. The van der Waals surface area contributed by atoms with Crippen molar-refractivity contribution in [2.75, 3.05) is 0 Å². The molecule has 0 bridgehead atoms. The van der Waals surface area contributed by atoms with Crippen LogP contribution in [0.3, 0.4) is 0 Å². The quantitative estimate of drug-likeness (QED) is 0.638. The van der Waals surface area contributed by atoms with Gasteiger partial charge in [-0.25, -0.2) is 0 Å². The average molecular weight is 304 g/mol. The molecule has 0 aliphatic rings. The molecule has 0 fully saturated rings. The lowest BCUT2D eigenvalue weighted by molar-refractivity contribution is 0.269. The fourth-order valence-electron chi connectivity index (χ4n) is 2.08. The van der Waals surface area contributed by atoms with Crippen molar-refractivity contribution in [1.29, 1.82) is 0 Å². The minimum absolute atomic E-state index is 0.540. The molecule has 23 heavy (non-hydrogen) atoms. The number of hydrogen-bond acceptors (Lipinski definition) is 0. The van der Waals surface area contributed by atoms with Gasteiger partial charge in [0.05, 0.1) is 5.41 Å². The van der Waals surface area contributed by atoms with Gasteiger partial charge in [0.2, 0.25) is 0 Å². The zero-order valence-electron chi connectivity index (χ0n) is 15.3. The van der Waals surface area contributed by atoms with E-state index in [9.17, 15) is 0 Å².